The van der Waals surface area contributed by atoms with Crippen LogP contribution in [0.15, 0.2) is 48.5 Å². The Morgan fingerprint density at radius 3 is 1.93 bits per heavy atom. The van der Waals surface area contributed by atoms with Gasteiger partial charge in [0.05, 0.1) is 0 Å². The first-order valence-electron chi connectivity index (χ1n) is 13.9. The maximum Gasteiger partial charge on any atom is 0.514 e. The largest absolute Gasteiger partial charge is 0.514 e. The molecule has 1 unspecified atom stereocenters. The summed E-state index contributed by atoms with van der Waals surface area (Å²) in [6, 6.07) is 12.0. The van der Waals surface area contributed by atoms with Gasteiger partial charge in [-0.1, -0.05) is 52.0 Å². The Kier molecular flexibility index (Phi) is 13.8. The predicted octanol–water partition coefficient (Wildman–Crippen LogP) is 5.56. The van der Waals surface area contributed by atoms with Crippen LogP contribution in [0.2, 0.25) is 0 Å². The fraction of sp³-hybridized carbons (Fsp3) is 0.484. The minimum absolute atomic E-state index is 0.0225. The van der Waals surface area contributed by atoms with E-state index in [2.05, 4.69) is 5.32 Å². The van der Waals surface area contributed by atoms with Crippen molar-refractivity contribution in [3.8, 4) is 17.2 Å². The molecule has 10 nitrogen and oxygen atoms in total. The van der Waals surface area contributed by atoms with Crippen LogP contribution in [0.5, 0.6) is 17.2 Å². The minimum atomic E-state index is -1.12. The molecular weight excluding hydrogens is 530 g/mol. The summed E-state index contributed by atoms with van der Waals surface area (Å²) in [6.07, 6.45) is 0.119. The van der Waals surface area contributed by atoms with Gasteiger partial charge in [-0.2, -0.15) is 0 Å². The van der Waals surface area contributed by atoms with Crippen LogP contribution in [0.3, 0.4) is 0 Å². The number of carboxylic acids is 1. The highest BCUT2D eigenvalue weighted by Gasteiger charge is 2.22. The van der Waals surface area contributed by atoms with E-state index >= 15 is 0 Å². The summed E-state index contributed by atoms with van der Waals surface area (Å²) in [4.78, 5) is 48.8. The first kappa shape index (κ1) is 33.3. The quantitative estimate of drug-likeness (QED) is 0.150. The van der Waals surface area contributed by atoms with Crippen molar-refractivity contribution in [2.24, 2.45) is 11.8 Å². The molecule has 0 aliphatic rings. The number of aliphatic carboxylic acids is 1. The van der Waals surface area contributed by atoms with Crippen molar-refractivity contribution < 1.29 is 43.2 Å². The number of nitrogens with one attached hydrogen (secondary N) is 1. The lowest BCUT2D eigenvalue weighted by Crippen LogP contribution is -2.42. The van der Waals surface area contributed by atoms with Gasteiger partial charge in [-0.15, -0.1) is 0 Å². The van der Waals surface area contributed by atoms with Crippen LogP contribution >= 0.6 is 0 Å². The molecule has 10 heteroatoms. The maximum absolute atomic E-state index is 12.5. The van der Waals surface area contributed by atoms with Crippen LogP contribution in [0.25, 0.3) is 0 Å². The van der Waals surface area contributed by atoms with Crippen LogP contribution in [-0.2, 0) is 25.5 Å². The summed E-state index contributed by atoms with van der Waals surface area (Å²) in [5.41, 5.74) is 0.538. The van der Waals surface area contributed by atoms with Crippen LogP contribution in [-0.4, -0.2) is 47.9 Å². The van der Waals surface area contributed by atoms with Gasteiger partial charge in [0.25, 0.3) is 0 Å². The Morgan fingerprint density at radius 2 is 1.37 bits per heavy atom. The first-order valence-corrected chi connectivity index (χ1v) is 13.9. The summed E-state index contributed by atoms with van der Waals surface area (Å²) in [5.74, 6) is -0.942. The van der Waals surface area contributed by atoms with Crippen molar-refractivity contribution in [2.45, 2.75) is 78.9 Å². The lowest BCUT2D eigenvalue weighted by molar-refractivity contribution is -0.139. The van der Waals surface area contributed by atoms with Gasteiger partial charge in [-0.05, 0) is 67.9 Å². The minimum Gasteiger partial charge on any atom is -0.480 e. The lowest BCUT2D eigenvalue weighted by atomic mass is 10.0. The summed E-state index contributed by atoms with van der Waals surface area (Å²) in [7, 11) is 0. The number of benzene rings is 2. The van der Waals surface area contributed by atoms with Gasteiger partial charge < -0.3 is 29.4 Å². The van der Waals surface area contributed by atoms with Crippen molar-refractivity contribution in [1.29, 1.82) is 0 Å². The molecule has 2 rings (SSSR count). The summed E-state index contributed by atoms with van der Waals surface area (Å²) < 4.78 is 21.3. The number of carboxylic acid groups (broad SMARTS) is 1. The predicted molar refractivity (Wildman–Crippen MR) is 152 cm³/mol. The molecule has 0 fully saturated rings. The number of hydrogen-bond donors (Lipinski definition) is 2. The van der Waals surface area contributed by atoms with E-state index in [9.17, 15) is 24.3 Å². The average Bonchev–Trinajstić information content (AvgIpc) is 2.90. The van der Waals surface area contributed by atoms with E-state index < -0.39 is 36.2 Å². The smallest absolute Gasteiger partial charge is 0.480 e. The van der Waals surface area contributed by atoms with Gasteiger partial charge in [-0.25, -0.2) is 4.79 Å². The van der Waals surface area contributed by atoms with Crippen molar-refractivity contribution in [3.63, 3.8) is 0 Å². The van der Waals surface area contributed by atoms with E-state index in [0.717, 1.165) is 0 Å². The third-order valence-corrected chi connectivity index (χ3v) is 5.94. The Morgan fingerprint density at radius 1 is 0.780 bits per heavy atom. The lowest BCUT2D eigenvalue weighted by Gasteiger charge is -2.19. The molecule has 0 amide bonds. The fourth-order valence-electron chi connectivity index (χ4n) is 3.61. The van der Waals surface area contributed by atoms with Gasteiger partial charge in [0, 0.05) is 19.4 Å². The number of esters is 2. The SMILES string of the molecule is CC(C)CCC(=O)Oc1ccc(C[C@H](NCC(C)OC(=O)Oc2ccccc2)C(=O)O)cc1OC(=O)CCC(C)C. The topological polar surface area (TPSA) is 137 Å². The molecule has 0 radical (unpaired) electrons. The van der Waals surface area contributed by atoms with Crippen LogP contribution in [0.1, 0.15) is 65.9 Å². The van der Waals surface area contributed by atoms with E-state index in [1.54, 1.807) is 43.3 Å². The third kappa shape index (κ3) is 13.3. The molecule has 41 heavy (non-hydrogen) atoms. The van der Waals surface area contributed by atoms with Crippen molar-refractivity contribution >= 4 is 24.1 Å². The molecule has 0 aliphatic carbocycles. The number of carbonyl (C=O) groups excluding carboxylic acids is 3. The monoisotopic (exact) mass is 571 g/mol. The number of hydrogen-bond acceptors (Lipinski definition) is 9. The second kappa shape index (κ2) is 17.0. The summed E-state index contributed by atoms with van der Waals surface area (Å²) in [5, 5.41) is 12.7. The van der Waals surface area contributed by atoms with Gasteiger partial charge in [0.15, 0.2) is 11.5 Å². The van der Waals surface area contributed by atoms with Gasteiger partial charge in [0.1, 0.15) is 17.9 Å². The van der Waals surface area contributed by atoms with Crippen LogP contribution in [0, 0.1) is 11.8 Å². The molecule has 2 aromatic rings. The summed E-state index contributed by atoms with van der Waals surface area (Å²) >= 11 is 0. The zero-order chi connectivity index (χ0) is 30.4. The van der Waals surface area contributed by atoms with E-state index in [4.69, 9.17) is 18.9 Å². The van der Waals surface area contributed by atoms with E-state index in [-0.39, 0.29) is 37.3 Å². The Hall–Kier alpha value is -3.92. The van der Waals surface area contributed by atoms with Crippen molar-refractivity contribution in [3.05, 3.63) is 54.1 Å². The second-order valence-corrected chi connectivity index (χ2v) is 10.7. The average molecular weight is 572 g/mol. The molecule has 0 saturated heterocycles. The van der Waals surface area contributed by atoms with Gasteiger partial charge in [0.2, 0.25) is 0 Å². The third-order valence-electron chi connectivity index (χ3n) is 5.94. The first-order chi connectivity index (χ1) is 19.4. The number of para-hydroxylation sites is 1. The molecular formula is C31H41NO9. The normalized spacial score (nSPS) is 12.5. The molecule has 2 aromatic carbocycles. The second-order valence-electron chi connectivity index (χ2n) is 10.7. The van der Waals surface area contributed by atoms with Crippen LogP contribution < -0.4 is 19.5 Å². The molecule has 0 saturated carbocycles. The van der Waals surface area contributed by atoms with Crippen molar-refractivity contribution in [1.82, 2.24) is 5.32 Å². The highest BCUT2D eigenvalue weighted by molar-refractivity contribution is 5.77. The van der Waals surface area contributed by atoms with E-state index in [1.807, 2.05) is 27.7 Å². The van der Waals surface area contributed by atoms with Gasteiger partial charge in [-0.3, -0.25) is 14.4 Å². The van der Waals surface area contributed by atoms with E-state index in [1.165, 1.54) is 12.1 Å². The number of carbonyl (C=O) groups is 4. The highest BCUT2D eigenvalue weighted by atomic mass is 16.7. The number of ether oxygens (including phenoxy) is 4. The molecule has 0 spiro atoms. The zero-order valence-electron chi connectivity index (χ0n) is 24.4. The molecule has 0 heterocycles. The molecule has 0 aliphatic heterocycles. The Balaban J connectivity index is 2.07. The molecule has 2 N–H and O–H groups in total. The van der Waals surface area contributed by atoms with Gasteiger partial charge >= 0.3 is 24.1 Å². The molecule has 224 valence electrons. The molecule has 0 aromatic heterocycles. The highest BCUT2D eigenvalue weighted by Crippen LogP contribution is 2.30. The maximum atomic E-state index is 12.5. The van der Waals surface area contributed by atoms with Crippen molar-refractivity contribution in [2.75, 3.05) is 6.54 Å². The standard InChI is InChI=1S/C31H41NO9/c1-20(2)11-15-28(33)40-26-14-13-23(18-27(26)41-29(34)16-12-21(3)4)17-25(30(35)36)32-19-22(5)38-31(37)39-24-9-7-6-8-10-24/h6-10,13-14,18,20-22,25,32H,11-12,15-17,19H2,1-5H3,(H,35,36)/t22?,25-/m0/s1. The fourth-order valence-corrected chi connectivity index (χ4v) is 3.61. The molecule has 2 atom stereocenters. The Bertz CT molecular complexity index is 1150. The van der Waals surface area contributed by atoms with Crippen LogP contribution in [0.4, 0.5) is 4.79 Å². The zero-order valence-corrected chi connectivity index (χ0v) is 24.4. The Labute approximate surface area is 241 Å². The summed E-state index contributed by atoms with van der Waals surface area (Å²) in [6.45, 7) is 9.64. The van der Waals surface area contributed by atoms with E-state index in [0.29, 0.717) is 36.0 Å². The molecule has 0 bridgehead atoms. The number of rotatable bonds is 16.